The van der Waals surface area contributed by atoms with E-state index < -0.39 is 0 Å². The number of hydrogen-bond donors (Lipinski definition) is 0. The van der Waals surface area contributed by atoms with Crippen molar-refractivity contribution in [3.05, 3.63) is 59.5 Å². The summed E-state index contributed by atoms with van der Waals surface area (Å²) < 4.78 is 21.6. The second kappa shape index (κ2) is 9.27. The molecule has 0 radical (unpaired) electrons. The molecular formula is C20H20N2O5S. The third-order valence-electron chi connectivity index (χ3n) is 3.93. The molecule has 0 saturated carbocycles. The minimum atomic E-state index is -0.128. The van der Waals surface area contributed by atoms with Gasteiger partial charge in [-0.05, 0) is 36.8 Å². The molecule has 0 aliphatic rings. The van der Waals surface area contributed by atoms with Gasteiger partial charge in [-0.15, -0.1) is 10.2 Å². The minimum absolute atomic E-state index is 0.128. The summed E-state index contributed by atoms with van der Waals surface area (Å²) in [6.07, 6.45) is 0. The van der Waals surface area contributed by atoms with Gasteiger partial charge >= 0.3 is 0 Å². The largest absolute Gasteiger partial charge is 0.497 e. The van der Waals surface area contributed by atoms with Crippen LogP contribution < -0.4 is 14.2 Å². The fraction of sp³-hybridized carbons (Fsp3) is 0.250. The highest BCUT2D eigenvalue weighted by Gasteiger charge is 2.16. The molecule has 1 aromatic heterocycles. The van der Waals surface area contributed by atoms with Gasteiger partial charge in [0.25, 0.3) is 11.1 Å². The molecule has 0 aliphatic heterocycles. The summed E-state index contributed by atoms with van der Waals surface area (Å²) in [5, 5.41) is 8.21. The van der Waals surface area contributed by atoms with Crippen molar-refractivity contribution < 1.29 is 23.4 Å². The summed E-state index contributed by atoms with van der Waals surface area (Å²) in [6, 6.07) is 12.8. The quantitative estimate of drug-likeness (QED) is 0.394. The third kappa shape index (κ3) is 4.83. The number of para-hydroxylation sites is 1. The third-order valence-corrected chi connectivity index (χ3v) is 4.75. The van der Waals surface area contributed by atoms with Gasteiger partial charge in [0, 0.05) is 0 Å². The average Bonchev–Trinajstić information content (AvgIpc) is 3.18. The second-order valence-corrected chi connectivity index (χ2v) is 6.72. The number of Topliss-reactive ketones (excluding diaryl/α,β-unsaturated/α-hetero) is 1. The Bertz CT molecular complexity index is 957. The summed E-state index contributed by atoms with van der Waals surface area (Å²) in [5.74, 6) is 2.18. The molecule has 0 bridgehead atoms. The highest BCUT2D eigenvalue weighted by atomic mass is 32.2. The number of thioether (sulfide) groups is 1. The van der Waals surface area contributed by atoms with Crippen molar-refractivity contribution in [3.63, 3.8) is 0 Å². The van der Waals surface area contributed by atoms with Crippen LogP contribution in [0.1, 0.15) is 21.8 Å². The molecule has 1 heterocycles. The Balaban J connectivity index is 1.58. The zero-order valence-electron chi connectivity index (χ0n) is 15.8. The molecule has 0 spiro atoms. The van der Waals surface area contributed by atoms with Gasteiger partial charge in [-0.1, -0.05) is 30.0 Å². The summed E-state index contributed by atoms with van der Waals surface area (Å²) >= 11 is 1.16. The number of benzene rings is 2. The van der Waals surface area contributed by atoms with Crippen LogP contribution in [0.3, 0.4) is 0 Å². The van der Waals surface area contributed by atoms with Gasteiger partial charge in [-0.2, -0.15) is 0 Å². The molecule has 0 aliphatic carbocycles. The van der Waals surface area contributed by atoms with E-state index in [1.807, 2.05) is 31.2 Å². The van der Waals surface area contributed by atoms with Gasteiger partial charge in [0.15, 0.2) is 12.4 Å². The first-order valence-electron chi connectivity index (χ1n) is 8.49. The van der Waals surface area contributed by atoms with Crippen LogP contribution in [0.5, 0.6) is 17.2 Å². The average molecular weight is 400 g/mol. The smallest absolute Gasteiger partial charge is 0.277 e. The topological polar surface area (TPSA) is 83.7 Å². The van der Waals surface area contributed by atoms with Crippen molar-refractivity contribution in [2.24, 2.45) is 0 Å². The van der Waals surface area contributed by atoms with E-state index in [4.69, 9.17) is 18.6 Å². The SMILES string of the molecule is COc1ccc(OC)c(C(=O)CSc2nnc(COc3ccccc3C)o2)c1. The molecule has 0 amide bonds. The minimum Gasteiger partial charge on any atom is -0.497 e. The van der Waals surface area contributed by atoms with Gasteiger partial charge in [-0.3, -0.25) is 4.79 Å². The number of ketones is 1. The van der Waals surface area contributed by atoms with Gasteiger partial charge in [0.1, 0.15) is 17.2 Å². The normalized spacial score (nSPS) is 10.5. The number of ether oxygens (including phenoxy) is 3. The van der Waals surface area contributed by atoms with E-state index in [2.05, 4.69) is 10.2 Å². The monoisotopic (exact) mass is 400 g/mol. The Morgan fingerprint density at radius 3 is 2.64 bits per heavy atom. The molecule has 2 aromatic carbocycles. The first kappa shape index (κ1) is 19.8. The number of hydrogen-bond acceptors (Lipinski definition) is 8. The second-order valence-electron chi connectivity index (χ2n) is 5.79. The summed E-state index contributed by atoms with van der Waals surface area (Å²) in [4.78, 5) is 12.5. The number of rotatable bonds is 9. The van der Waals surface area contributed by atoms with E-state index in [-0.39, 0.29) is 18.1 Å². The summed E-state index contributed by atoms with van der Waals surface area (Å²) in [5.41, 5.74) is 1.46. The number of methoxy groups -OCH3 is 2. The van der Waals surface area contributed by atoms with Crippen LogP contribution in [0, 0.1) is 6.92 Å². The lowest BCUT2D eigenvalue weighted by Gasteiger charge is -2.09. The van der Waals surface area contributed by atoms with E-state index in [1.54, 1.807) is 25.3 Å². The molecule has 8 heteroatoms. The molecule has 3 aromatic rings. The molecule has 0 atom stereocenters. The predicted molar refractivity (Wildman–Crippen MR) is 104 cm³/mol. The molecular weight excluding hydrogens is 380 g/mol. The number of carbonyl (C=O) groups excluding carboxylic acids is 1. The van der Waals surface area contributed by atoms with Gasteiger partial charge < -0.3 is 18.6 Å². The van der Waals surface area contributed by atoms with Crippen molar-refractivity contribution in [1.82, 2.24) is 10.2 Å². The van der Waals surface area contributed by atoms with Crippen molar-refractivity contribution >= 4 is 17.5 Å². The fourth-order valence-corrected chi connectivity index (χ4v) is 3.11. The molecule has 0 unspecified atom stereocenters. The zero-order valence-corrected chi connectivity index (χ0v) is 16.6. The van der Waals surface area contributed by atoms with Crippen LogP contribution in [0.2, 0.25) is 0 Å². The lowest BCUT2D eigenvalue weighted by molar-refractivity contribution is 0.101. The van der Waals surface area contributed by atoms with Crippen LogP contribution in [-0.4, -0.2) is 36.0 Å². The van der Waals surface area contributed by atoms with Crippen LogP contribution in [0.15, 0.2) is 52.1 Å². The fourth-order valence-electron chi connectivity index (χ4n) is 2.45. The molecule has 0 fully saturated rings. The van der Waals surface area contributed by atoms with Crippen LogP contribution in [0.4, 0.5) is 0 Å². The highest BCUT2D eigenvalue weighted by molar-refractivity contribution is 7.99. The van der Waals surface area contributed by atoms with E-state index in [9.17, 15) is 4.79 Å². The molecule has 146 valence electrons. The summed E-state index contributed by atoms with van der Waals surface area (Å²) in [6.45, 7) is 2.12. The lowest BCUT2D eigenvalue weighted by atomic mass is 10.1. The van der Waals surface area contributed by atoms with E-state index >= 15 is 0 Å². The molecule has 7 nitrogen and oxygen atoms in total. The van der Waals surface area contributed by atoms with Crippen molar-refractivity contribution in [1.29, 1.82) is 0 Å². The predicted octanol–water partition coefficient (Wildman–Crippen LogP) is 3.95. The van der Waals surface area contributed by atoms with Gasteiger partial charge in [0.2, 0.25) is 0 Å². The number of aromatic nitrogens is 2. The Morgan fingerprint density at radius 2 is 1.89 bits per heavy atom. The van der Waals surface area contributed by atoms with Crippen LogP contribution in [0.25, 0.3) is 0 Å². The van der Waals surface area contributed by atoms with E-state index in [0.29, 0.717) is 28.2 Å². The Labute approximate surface area is 167 Å². The maximum Gasteiger partial charge on any atom is 0.277 e. The lowest BCUT2D eigenvalue weighted by Crippen LogP contribution is -2.05. The summed E-state index contributed by atoms with van der Waals surface area (Å²) in [7, 11) is 3.06. The van der Waals surface area contributed by atoms with Crippen molar-refractivity contribution in [3.8, 4) is 17.2 Å². The Hall–Kier alpha value is -3.00. The molecule has 28 heavy (non-hydrogen) atoms. The number of carbonyl (C=O) groups is 1. The maximum absolute atomic E-state index is 12.5. The maximum atomic E-state index is 12.5. The molecule has 3 rings (SSSR count). The number of aryl methyl sites for hydroxylation is 1. The number of nitrogens with zero attached hydrogens (tertiary/aromatic N) is 2. The van der Waals surface area contributed by atoms with Gasteiger partial charge in [-0.25, -0.2) is 0 Å². The Morgan fingerprint density at radius 1 is 1.07 bits per heavy atom. The Kier molecular flexibility index (Phi) is 6.54. The van der Waals surface area contributed by atoms with Crippen molar-refractivity contribution in [2.75, 3.05) is 20.0 Å². The van der Waals surface area contributed by atoms with Crippen LogP contribution >= 0.6 is 11.8 Å². The van der Waals surface area contributed by atoms with E-state index in [0.717, 1.165) is 23.1 Å². The molecule has 0 saturated heterocycles. The standard InChI is InChI=1S/C20H20N2O5S/c1-13-6-4-5-7-17(13)26-11-19-21-22-20(27-19)28-12-16(23)15-10-14(24-2)8-9-18(15)25-3/h4-10H,11-12H2,1-3H3. The van der Waals surface area contributed by atoms with Gasteiger partial charge in [0.05, 0.1) is 25.5 Å². The van der Waals surface area contributed by atoms with Crippen molar-refractivity contribution in [2.45, 2.75) is 18.8 Å². The molecule has 0 N–H and O–H groups in total. The van der Waals surface area contributed by atoms with Crippen LogP contribution in [-0.2, 0) is 6.61 Å². The highest BCUT2D eigenvalue weighted by Crippen LogP contribution is 2.27. The van der Waals surface area contributed by atoms with E-state index in [1.165, 1.54) is 7.11 Å². The zero-order chi connectivity index (χ0) is 19.9. The first-order chi connectivity index (χ1) is 13.6. The first-order valence-corrected chi connectivity index (χ1v) is 9.48.